The van der Waals surface area contributed by atoms with E-state index in [2.05, 4.69) is 0 Å². The van der Waals surface area contributed by atoms with Crippen LogP contribution in [0.15, 0.2) is 42.5 Å². The summed E-state index contributed by atoms with van der Waals surface area (Å²) in [6, 6.07) is 12.2. The number of benzene rings is 2. The number of ether oxygens (including phenoxy) is 3. The van der Waals surface area contributed by atoms with E-state index in [1.54, 1.807) is 18.1 Å². The third-order valence-electron chi connectivity index (χ3n) is 4.59. The fourth-order valence-corrected chi connectivity index (χ4v) is 2.87. The average Bonchev–Trinajstić information content (AvgIpc) is 3.55. The number of aromatic hydroxyl groups is 1. The Morgan fingerprint density at radius 1 is 1.07 bits per heavy atom. The molecule has 28 heavy (non-hydrogen) atoms. The van der Waals surface area contributed by atoms with Crippen molar-refractivity contribution < 1.29 is 28.9 Å². The number of methoxy groups -OCH3 is 2. The van der Waals surface area contributed by atoms with Crippen molar-refractivity contribution in [3.8, 4) is 17.2 Å². The first-order valence-electron chi connectivity index (χ1n) is 8.99. The number of carbonyl (C=O) groups excluding carboxylic acids is 2. The lowest BCUT2D eigenvalue weighted by atomic mass is 10.2. The molecule has 0 spiro atoms. The first kappa shape index (κ1) is 19.5. The molecule has 148 valence electrons. The van der Waals surface area contributed by atoms with Gasteiger partial charge in [-0.25, -0.2) is 4.79 Å². The Labute approximate surface area is 163 Å². The monoisotopic (exact) mass is 385 g/mol. The summed E-state index contributed by atoms with van der Waals surface area (Å²) < 4.78 is 15.3. The maximum atomic E-state index is 12.6. The molecule has 1 saturated carbocycles. The molecular weight excluding hydrogens is 362 g/mol. The predicted octanol–water partition coefficient (Wildman–Crippen LogP) is 2.76. The molecule has 0 unspecified atom stereocenters. The SMILES string of the molecule is COc1ccc(CN(C(=O)COC(=O)c2cccc(OC)c2O)C2CC2)cc1. The Morgan fingerprint density at radius 2 is 1.79 bits per heavy atom. The van der Waals surface area contributed by atoms with Crippen molar-refractivity contribution >= 4 is 11.9 Å². The Kier molecular flexibility index (Phi) is 6.03. The summed E-state index contributed by atoms with van der Waals surface area (Å²) in [6.07, 6.45) is 1.87. The van der Waals surface area contributed by atoms with Gasteiger partial charge >= 0.3 is 5.97 Å². The Morgan fingerprint density at radius 3 is 2.39 bits per heavy atom. The molecule has 0 bridgehead atoms. The van der Waals surface area contributed by atoms with Gasteiger partial charge in [-0.15, -0.1) is 0 Å². The normalized spacial score (nSPS) is 12.9. The first-order valence-corrected chi connectivity index (χ1v) is 8.99. The minimum atomic E-state index is -0.773. The van der Waals surface area contributed by atoms with Gasteiger partial charge in [0.1, 0.15) is 11.3 Å². The van der Waals surface area contributed by atoms with Crippen LogP contribution in [0, 0.1) is 0 Å². The van der Waals surface area contributed by atoms with Crippen molar-refractivity contribution in [2.24, 2.45) is 0 Å². The van der Waals surface area contributed by atoms with Crippen LogP contribution in [0.25, 0.3) is 0 Å². The van der Waals surface area contributed by atoms with Crippen LogP contribution in [0.1, 0.15) is 28.8 Å². The van der Waals surface area contributed by atoms with E-state index < -0.39 is 5.97 Å². The fraction of sp³-hybridized carbons (Fsp3) is 0.333. The van der Waals surface area contributed by atoms with E-state index in [-0.39, 0.29) is 35.6 Å². The largest absolute Gasteiger partial charge is 0.504 e. The molecule has 0 radical (unpaired) electrons. The Balaban J connectivity index is 1.62. The second-order valence-electron chi connectivity index (χ2n) is 6.53. The summed E-state index contributed by atoms with van der Waals surface area (Å²) in [4.78, 5) is 26.6. The van der Waals surface area contributed by atoms with Crippen molar-refractivity contribution in [3.63, 3.8) is 0 Å². The van der Waals surface area contributed by atoms with Gasteiger partial charge in [0, 0.05) is 12.6 Å². The molecule has 0 aliphatic heterocycles. The highest BCUT2D eigenvalue weighted by Gasteiger charge is 2.33. The number of phenols is 1. The van der Waals surface area contributed by atoms with Gasteiger partial charge in [-0.05, 0) is 42.7 Å². The second kappa shape index (κ2) is 8.65. The van der Waals surface area contributed by atoms with Crippen LogP contribution in [-0.2, 0) is 16.1 Å². The summed E-state index contributed by atoms with van der Waals surface area (Å²) in [5, 5.41) is 10.0. The molecule has 3 rings (SSSR count). The highest BCUT2D eigenvalue weighted by atomic mass is 16.5. The lowest BCUT2D eigenvalue weighted by molar-refractivity contribution is -0.135. The van der Waals surface area contributed by atoms with Crippen LogP contribution in [0.5, 0.6) is 17.2 Å². The molecular formula is C21H23NO6. The van der Waals surface area contributed by atoms with Gasteiger partial charge in [0.25, 0.3) is 5.91 Å². The zero-order chi connectivity index (χ0) is 20.1. The van der Waals surface area contributed by atoms with Crippen molar-refractivity contribution in [3.05, 3.63) is 53.6 Å². The van der Waals surface area contributed by atoms with Crippen molar-refractivity contribution in [2.45, 2.75) is 25.4 Å². The lowest BCUT2D eigenvalue weighted by Crippen LogP contribution is -2.36. The minimum Gasteiger partial charge on any atom is -0.504 e. The second-order valence-corrected chi connectivity index (χ2v) is 6.53. The number of hydrogen-bond acceptors (Lipinski definition) is 6. The van der Waals surface area contributed by atoms with Gasteiger partial charge in [0.15, 0.2) is 18.1 Å². The van der Waals surface area contributed by atoms with Crippen molar-refractivity contribution in [1.82, 2.24) is 4.90 Å². The third kappa shape index (κ3) is 4.54. The first-order chi connectivity index (χ1) is 13.5. The van der Waals surface area contributed by atoms with Crippen LogP contribution in [0.4, 0.5) is 0 Å². The smallest absolute Gasteiger partial charge is 0.342 e. The lowest BCUT2D eigenvalue weighted by Gasteiger charge is -2.22. The van der Waals surface area contributed by atoms with E-state index in [0.29, 0.717) is 6.54 Å². The molecule has 1 amide bonds. The number of carbonyl (C=O) groups is 2. The van der Waals surface area contributed by atoms with Crippen LogP contribution < -0.4 is 9.47 Å². The molecule has 0 atom stereocenters. The molecule has 0 heterocycles. The summed E-state index contributed by atoms with van der Waals surface area (Å²) >= 11 is 0. The van der Waals surface area contributed by atoms with Gasteiger partial charge in [-0.1, -0.05) is 18.2 Å². The van der Waals surface area contributed by atoms with E-state index >= 15 is 0 Å². The van der Waals surface area contributed by atoms with Gasteiger partial charge in [-0.2, -0.15) is 0 Å². The molecule has 0 aromatic heterocycles. The molecule has 2 aromatic rings. The van der Waals surface area contributed by atoms with E-state index in [4.69, 9.17) is 14.2 Å². The predicted molar refractivity (Wildman–Crippen MR) is 102 cm³/mol. The average molecular weight is 385 g/mol. The van der Waals surface area contributed by atoms with E-state index in [0.717, 1.165) is 24.2 Å². The molecule has 2 aromatic carbocycles. The number of hydrogen-bond donors (Lipinski definition) is 1. The number of rotatable bonds is 8. The molecule has 1 aliphatic rings. The maximum Gasteiger partial charge on any atom is 0.342 e. The highest BCUT2D eigenvalue weighted by Crippen LogP contribution is 2.31. The van der Waals surface area contributed by atoms with Gasteiger partial charge in [0.2, 0.25) is 0 Å². The quantitative estimate of drug-likeness (QED) is 0.704. The topological polar surface area (TPSA) is 85.3 Å². The molecule has 7 heteroatoms. The Hall–Kier alpha value is -3.22. The third-order valence-corrected chi connectivity index (χ3v) is 4.59. The van der Waals surface area contributed by atoms with Crippen LogP contribution >= 0.6 is 0 Å². The standard InChI is InChI=1S/C21H23NO6/c1-26-16-10-6-14(7-11-16)12-22(15-8-9-15)19(23)13-28-21(25)17-4-3-5-18(27-2)20(17)24/h3-7,10-11,15,24H,8-9,12-13H2,1-2H3. The Bertz CT molecular complexity index is 844. The maximum absolute atomic E-state index is 12.6. The summed E-state index contributed by atoms with van der Waals surface area (Å²) in [6.45, 7) is 0.0532. The number of nitrogens with zero attached hydrogens (tertiary/aromatic N) is 1. The minimum absolute atomic E-state index is 0.0414. The number of amides is 1. The fourth-order valence-electron chi connectivity index (χ4n) is 2.87. The van der Waals surface area contributed by atoms with Crippen molar-refractivity contribution in [2.75, 3.05) is 20.8 Å². The molecule has 7 nitrogen and oxygen atoms in total. The van der Waals surface area contributed by atoms with Crippen LogP contribution in [0.3, 0.4) is 0 Å². The zero-order valence-corrected chi connectivity index (χ0v) is 15.9. The highest BCUT2D eigenvalue weighted by molar-refractivity contribution is 5.94. The molecule has 1 N–H and O–H groups in total. The zero-order valence-electron chi connectivity index (χ0n) is 15.9. The van der Waals surface area contributed by atoms with E-state index in [1.807, 2.05) is 24.3 Å². The van der Waals surface area contributed by atoms with Crippen molar-refractivity contribution in [1.29, 1.82) is 0 Å². The van der Waals surface area contributed by atoms with Gasteiger partial charge < -0.3 is 24.2 Å². The van der Waals surface area contributed by atoms with Crippen LogP contribution in [-0.4, -0.2) is 48.8 Å². The molecule has 1 aliphatic carbocycles. The summed E-state index contributed by atoms with van der Waals surface area (Å²) in [5.74, 6) is -0.432. The number of para-hydroxylation sites is 1. The molecule has 0 saturated heterocycles. The van der Waals surface area contributed by atoms with E-state index in [1.165, 1.54) is 19.2 Å². The van der Waals surface area contributed by atoms with Gasteiger partial charge in [0.05, 0.1) is 14.2 Å². The van der Waals surface area contributed by atoms with E-state index in [9.17, 15) is 14.7 Å². The molecule has 1 fully saturated rings. The van der Waals surface area contributed by atoms with Crippen LogP contribution in [0.2, 0.25) is 0 Å². The summed E-state index contributed by atoms with van der Waals surface area (Å²) in [7, 11) is 2.99. The van der Waals surface area contributed by atoms with Gasteiger partial charge in [-0.3, -0.25) is 4.79 Å². The summed E-state index contributed by atoms with van der Waals surface area (Å²) in [5.41, 5.74) is 0.929. The number of esters is 1. The number of phenolic OH excluding ortho intramolecular Hbond substituents is 1.